The molecule has 0 aliphatic carbocycles. The minimum atomic E-state index is -4.71. The molecule has 16 rings (SSSR count). The van der Waals surface area contributed by atoms with E-state index in [-0.39, 0.29) is 29.4 Å². The van der Waals surface area contributed by atoms with Crippen molar-refractivity contribution in [3.63, 3.8) is 0 Å². The highest BCUT2D eigenvalue weighted by Crippen LogP contribution is 2.46. The predicted octanol–water partition coefficient (Wildman–Crippen LogP) is 19.6. The first kappa shape index (κ1) is 102. The standard InChI is InChI=1S/C37H49F3N4O3.C37H52N4O4.C36H48N4O4/c1-6-26(4)36(5,35(45)46)43-23-30(33(24-43)29-10-8-9-25(3)19-29)22-42-17-15-28(16-18-42)34-21-31(41-44(34)7-2)20-27-11-13-32(14-12-27)47-37(38,39)40;1-7-26(4)36(37(42)43)40-23-30(32(24-40)29-11-9-10-25(3)18-29)22-39-16-14-28(15-17-39)33-21-31(38-41(33)8-2)19-27-12-13-34(44-5)35(20-27)45-6;1-5-25(4)35(36(41)42)39-21-29(31(22-39)28-9-7-8-24(3)16-28)20-38-14-12-27(13-15-38)32-19-30(37-40(32)6-2)17-26-10-11-33-34(18-26)44-23-43-33/h8-14,19,21,26,28,30,33H,6-7,15-18,20,22-24H2,1-5H3,(H,45,46);9-13,18,20-21,26,28,30,32,36H,7-8,14-17,19,22-24H2,1-6H3,(H,42,43);7-11,16,18-19,25,27,29,31,35H,5-6,12-15,17,20-23H2,1-4H3,(H,41,42)/t26?,30-,33+,36+;26-,30-,32+,36+;25-,29-,31+,35+/m000/s1. The molecule has 10 heterocycles. The van der Waals surface area contributed by atoms with Crippen LogP contribution in [-0.2, 0) is 53.3 Å². The fourth-order valence-corrected chi connectivity index (χ4v) is 23.1. The molecule has 26 heteroatoms. The average molecular weight is 1870 g/mol. The van der Waals surface area contributed by atoms with Crippen molar-refractivity contribution in [1.29, 1.82) is 0 Å². The van der Waals surface area contributed by atoms with Crippen molar-refractivity contribution in [2.45, 2.75) is 246 Å². The molecule has 0 radical (unpaired) electrons. The topological polar surface area (TPSA) is 231 Å². The van der Waals surface area contributed by atoms with Crippen molar-refractivity contribution in [2.24, 2.45) is 35.5 Å². The summed E-state index contributed by atoms with van der Waals surface area (Å²) in [7, 11) is 3.33. The lowest BCUT2D eigenvalue weighted by atomic mass is 9.83. The molecule has 7 aliphatic heterocycles. The molecule has 1 unspecified atom stereocenters. The Balaban J connectivity index is 0.000000163. The summed E-state index contributed by atoms with van der Waals surface area (Å²) in [4.78, 5) is 52.1. The van der Waals surface area contributed by atoms with Crippen LogP contribution in [0.2, 0.25) is 0 Å². The molecule has 0 spiro atoms. The SMILES string of the molecule is CCC(C)[C@](C)(C(=O)O)N1C[C@H](CN2CCC(c3cc(Cc4ccc(OC(F)(F)F)cc4)nn3CC)CC2)[C@@H](c2cccc(C)c2)C1.CC[C@H](C)[C@H](C(=O)O)N1C[C@H](CN2CCC(c3cc(Cc4ccc(OC)c(OC)c4)nn3CC)CC2)[C@@H](c2cccc(C)c2)C1.CC[C@H](C)[C@H](C(=O)O)N1C[C@H](CN2CCC(c3cc(Cc4ccc5c(c4)OCO5)nn3CC)CC2)[C@@H](c2cccc(C)c2)C1. The number of methoxy groups -OCH3 is 2. The van der Waals surface area contributed by atoms with E-state index >= 15 is 0 Å². The Bertz CT molecular complexity index is 5420. The zero-order valence-electron chi connectivity index (χ0n) is 83.0. The maximum absolute atomic E-state index is 12.7. The molecule has 9 aromatic rings. The number of aromatic nitrogens is 6. The molecule has 7 aliphatic rings. The van der Waals surface area contributed by atoms with Gasteiger partial charge in [-0.3, -0.25) is 43.1 Å². The van der Waals surface area contributed by atoms with Gasteiger partial charge in [0.2, 0.25) is 6.79 Å². The third kappa shape index (κ3) is 24.8. The first-order valence-electron chi connectivity index (χ1n) is 50.3. The van der Waals surface area contributed by atoms with Gasteiger partial charge in [-0.25, -0.2) is 0 Å². The van der Waals surface area contributed by atoms with Gasteiger partial charge in [-0.05, 0) is 250 Å². The van der Waals surface area contributed by atoms with Gasteiger partial charge in [0.25, 0.3) is 0 Å². The number of alkyl halides is 3. The smallest absolute Gasteiger partial charge is 0.493 e. The first-order valence-corrected chi connectivity index (χ1v) is 50.3. The summed E-state index contributed by atoms with van der Waals surface area (Å²) in [6, 6.07) is 50.6. The first-order chi connectivity index (χ1) is 65.4. The lowest BCUT2D eigenvalue weighted by Crippen LogP contribution is -2.56. The number of ether oxygens (including phenoxy) is 5. The molecular weight excluding hydrogens is 1720 g/mol. The molecule has 136 heavy (non-hydrogen) atoms. The fourth-order valence-electron chi connectivity index (χ4n) is 23.1. The number of rotatable bonds is 36. The summed E-state index contributed by atoms with van der Waals surface area (Å²) in [5.41, 5.74) is 17.1. The molecule has 0 bridgehead atoms. The normalized spacial score (nSPS) is 21.8. The summed E-state index contributed by atoms with van der Waals surface area (Å²) < 4.78 is 70.1. The summed E-state index contributed by atoms with van der Waals surface area (Å²) in [5.74, 6) is 4.52. The van der Waals surface area contributed by atoms with Crippen LogP contribution in [0.3, 0.4) is 0 Å². The van der Waals surface area contributed by atoms with Gasteiger partial charge in [0.15, 0.2) is 23.0 Å². The van der Waals surface area contributed by atoms with Crippen LogP contribution in [0.5, 0.6) is 28.7 Å². The van der Waals surface area contributed by atoms with Crippen LogP contribution < -0.4 is 23.7 Å². The molecule has 23 nitrogen and oxygen atoms in total. The van der Waals surface area contributed by atoms with E-state index in [1.807, 2.05) is 25.1 Å². The van der Waals surface area contributed by atoms with Crippen molar-refractivity contribution in [3.05, 3.63) is 236 Å². The number of aryl methyl sites for hydroxylation is 6. The number of likely N-dealkylation sites (tertiary alicyclic amines) is 6. The highest BCUT2D eigenvalue weighted by molar-refractivity contribution is 5.79. The molecule has 6 aromatic carbocycles. The number of carboxylic acids is 3. The Kier molecular flexibility index (Phi) is 34.5. The summed E-state index contributed by atoms with van der Waals surface area (Å²) in [5, 5.41) is 45.6. The lowest BCUT2D eigenvalue weighted by Gasteiger charge is -2.40. The molecule has 0 amide bonds. The lowest BCUT2D eigenvalue weighted by molar-refractivity contribution is -0.274. The van der Waals surface area contributed by atoms with Crippen molar-refractivity contribution in [1.82, 2.24) is 58.7 Å². The Morgan fingerprint density at radius 3 is 1.21 bits per heavy atom. The van der Waals surface area contributed by atoms with Crippen molar-refractivity contribution >= 4 is 17.9 Å². The van der Waals surface area contributed by atoms with E-state index in [9.17, 15) is 42.9 Å². The number of aliphatic carboxylic acids is 3. The van der Waals surface area contributed by atoms with E-state index in [0.29, 0.717) is 60.6 Å². The van der Waals surface area contributed by atoms with Gasteiger partial charge >= 0.3 is 24.3 Å². The van der Waals surface area contributed by atoms with Crippen LogP contribution in [0.15, 0.2) is 152 Å². The Morgan fingerprint density at radius 1 is 0.449 bits per heavy atom. The highest BCUT2D eigenvalue weighted by atomic mass is 19.4. The number of carboxylic acid groups (broad SMARTS) is 3. The Morgan fingerprint density at radius 2 is 0.831 bits per heavy atom. The molecule has 6 saturated heterocycles. The number of nitrogens with zero attached hydrogens (tertiary/aromatic N) is 12. The van der Waals surface area contributed by atoms with Gasteiger partial charge in [0.05, 0.1) is 31.3 Å². The number of hydrogen-bond acceptors (Lipinski definition) is 17. The number of fused-ring (bicyclic) bond motifs is 1. The molecule has 3 aromatic heterocycles. The van der Waals surface area contributed by atoms with Gasteiger partial charge < -0.3 is 53.7 Å². The number of hydrogen-bond donors (Lipinski definition) is 3. The second kappa shape index (κ2) is 46.1. The van der Waals surface area contributed by atoms with E-state index in [4.69, 9.17) is 34.2 Å². The van der Waals surface area contributed by atoms with Gasteiger partial charge in [-0.2, -0.15) is 15.3 Å². The molecule has 6 fully saturated rings. The van der Waals surface area contributed by atoms with Gasteiger partial charge in [-0.15, -0.1) is 13.2 Å². The quantitative estimate of drug-likeness (QED) is 0.0331. The zero-order chi connectivity index (χ0) is 96.8. The van der Waals surface area contributed by atoms with Gasteiger partial charge in [0.1, 0.15) is 23.4 Å². The minimum absolute atomic E-state index is 0.0312. The van der Waals surface area contributed by atoms with Gasteiger partial charge in [0, 0.05) is 150 Å². The summed E-state index contributed by atoms with van der Waals surface area (Å²) in [6.07, 6.45) is 6.39. The monoisotopic (exact) mass is 1870 g/mol. The maximum Gasteiger partial charge on any atom is 0.573 e. The highest BCUT2D eigenvalue weighted by Gasteiger charge is 2.51. The van der Waals surface area contributed by atoms with E-state index in [2.05, 4.69) is 240 Å². The van der Waals surface area contributed by atoms with Crippen LogP contribution in [0.4, 0.5) is 13.2 Å². The fraction of sp³-hybridized carbons (Fsp3) is 0.564. The van der Waals surface area contributed by atoms with Crippen LogP contribution >= 0.6 is 0 Å². The van der Waals surface area contributed by atoms with E-state index in [1.54, 1.807) is 26.4 Å². The Labute approximate surface area is 804 Å². The van der Waals surface area contributed by atoms with E-state index in [1.165, 1.54) is 68.2 Å². The predicted molar refractivity (Wildman–Crippen MR) is 527 cm³/mol. The second-order valence-corrected chi connectivity index (χ2v) is 40.2. The van der Waals surface area contributed by atoms with Crippen LogP contribution in [-0.4, -0.2) is 235 Å². The average Bonchev–Trinajstić information content (AvgIpc) is 1.60. The number of benzene rings is 6. The molecule has 0 saturated carbocycles. The third-order valence-corrected chi connectivity index (χ3v) is 31.3. The second-order valence-electron chi connectivity index (χ2n) is 40.2. The molecule has 736 valence electrons. The summed E-state index contributed by atoms with van der Waals surface area (Å²) in [6.45, 7) is 43.9. The van der Waals surface area contributed by atoms with Crippen molar-refractivity contribution in [2.75, 3.05) is 119 Å². The molecule has 3 N–H and O–H groups in total. The number of piperidine rings is 3. The van der Waals surface area contributed by atoms with Crippen LogP contribution in [0.25, 0.3) is 0 Å². The van der Waals surface area contributed by atoms with Crippen LogP contribution in [0.1, 0.15) is 247 Å². The number of carbonyl (C=O) groups is 3. The zero-order valence-corrected chi connectivity index (χ0v) is 83.0. The Hall–Kier alpha value is -10.1. The van der Waals surface area contributed by atoms with Crippen molar-refractivity contribution in [3.8, 4) is 28.7 Å². The molecular formula is C110H149F3N12O11. The van der Waals surface area contributed by atoms with Crippen LogP contribution in [0, 0.1) is 56.3 Å². The third-order valence-electron chi connectivity index (χ3n) is 31.3. The van der Waals surface area contributed by atoms with Crippen molar-refractivity contribution < 1.29 is 66.6 Å². The minimum Gasteiger partial charge on any atom is -0.493 e. The van der Waals surface area contributed by atoms with E-state index in [0.717, 1.165) is 240 Å². The maximum atomic E-state index is 12.7. The summed E-state index contributed by atoms with van der Waals surface area (Å²) >= 11 is 0. The largest absolute Gasteiger partial charge is 0.573 e. The molecule has 12 atom stereocenters. The van der Waals surface area contributed by atoms with E-state index < -0.39 is 41.9 Å². The number of halogens is 3. The van der Waals surface area contributed by atoms with Gasteiger partial charge in [-0.1, -0.05) is 175 Å².